The molecule has 11 heteroatoms. The van der Waals surface area contributed by atoms with Crippen molar-refractivity contribution in [3.05, 3.63) is 46.3 Å². The summed E-state index contributed by atoms with van der Waals surface area (Å²) in [6, 6.07) is 7.63. The van der Waals surface area contributed by atoms with Crippen molar-refractivity contribution in [1.82, 2.24) is 4.90 Å². The van der Waals surface area contributed by atoms with Crippen LogP contribution in [0, 0.1) is 0 Å². The lowest BCUT2D eigenvalue weighted by Crippen LogP contribution is -2.36. The number of carbonyl (C=O) groups is 3. The average Bonchev–Trinajstić information content (AvgIpc) is 3.05. The van der Waals surface area contributed by atoms with Gasteiger partial charge in [-0.2, -0.15) is 0 Å². The van der Waals surface area contributed by atoms with Gasteiger partial charge in [-0.05, 0) is 31.0 Å². The van der Waals surface area contributed by atoms with Crippen LogP contribution in [0.25, 0.3) is 0 Å². The average molecular weight is 452 g/mol. The molecule has 0 fully saturated rings. The first-order valence-corrected chi connectivity index (χ1v) is 11.6. The maximum atomic E-state index is 12.4. The van der Waals surface area contributed by atoms with Gasteiger partial charge in [-0.1, -0.05) is 18.2 Å². The van der Waals surface area contributed by atoms with Crippen molar-refractivity contribution in [3.63, 3.8) is 0 Å². The standard InChI is InChI=1S/C19H21N3O6S2/c1-2-28-19(25)22-9-8-13-14(10-22)29-18(16(13)17(20)24)21-15(23)11-30(26,27)12-6-4-3-5-7-12/h3-7H,2,8-11H2,1H3,(H2,20,24)(H,21,23). The third kappa shape index (κ3) is 4.62. The molecule has 0 saturated heterocycles. The molecule has 160 valence electrons. The predicted octanol–water partition coefficient (Wildman–Crippen LogP) is 1.77. The number of fused-ring (bicyclic) bond motifs is 1. The number of rotatable bonds is 6. The molecule has 9 nitrogen and oxygen atoms in total. The van der Waals surface area contributed by atoms with Gasteiger partial charge in [0.1, 0.15) is 10.8 Å². The van der Waals surface area contributed by atoms with Crippen LogP contribution in [-0.2, 0) is 32.3 Å². The van der Waals surface area contributed by atoms with Crippen LogP contribution >= 0.6 is 11.3 Å². The second-order valence-corrected chi connectivity index (χ2v) is 9.66. The van der Waals surface area contributed by atoms with E-state index in [4.69, 9.17) is 10.5 Å². The molecule has 0 bridgehead atoms. The Labute approximate surface area is 177 Å². The number of anilines is 1. The fraction of sp³-hybridized carbons (Fsp3) is 0.316. The van der Waals surface area contributed by atoms with E-state index in [0.29, 0.717) is 23.4 Å². The SMILES string of the molecule is CCOC(=O)N1CCc2c(sc(NC(=O)CS(=O)(=O)c3ccccc3)c2C(N)=O)C1. The molecule has 3 rings (SSSR count). The highest BCUT2D eigenvalue weighted by Crippen LogP contribution is 2.37. The summed E-state index contributed by atoms with van der Waals surface area (Å²) in [4.78, 5) is 38.7. The summed E-state index contributed by atoms with van der Waals surface area (Å²) < 4.78 is 29.8. The highest BCUT2D eigenvalue weighted by atomic mass is 32.2. The third-order valence-corrected chi connectivity index (χ3v) is 7.27. The van der Waals surface area contributed by atoms with E-state index >= 15 is 0 Å². The van der Waals surface area contributed by atoms with Crippen LogP contribution in [0.3, 0.4) is 0 Å². The quantitative estimate of drug-likeness (QED) is 0.687. The highest BCUT2D eigenvalue weighted by molar-refractivity contribution is 7.92. The Hall–Kier alpha value is -2.92. The van der Waals surface area contributed by atoms with Crippen LogP contribution in [0.1, 0.15) is 27.7 Å². The Balaban J connectivity index is 1.81. The van der Waals surface area contributed by atoms with E-state index in [1.54, 1.807) is 25.1 Å². The number of thiophene rings is 1. The molecular formula is C19H21N3O6S2. The minimum absolute atomic E-state index is 0.0332. The van der Waals surface area contributed by atoms with Crippen molar-refractivity contribution < 1.29 is 27.5 Å². The summed E-state index contributed by atoms with van der Waals surface area (Å²) in [5, 5.41) is 2.70. The molecule has 3 amide bonds. The van der Waals surface area contributed by atoms with Gasteiger partial charge in [-0.25, -0.2) is 13.2 Å². The normalized spacial score (nSPS) is 13.4. The number of amides is 3. The van der Waals surface area contributed by atoms with E-state index in [1.807, 2.05) is 0 Å². The number of sulfone groups is 1. The van der Waals surface area contributed by atoms with Crippen LogP contribution < -0.4 is 11.1 Å². The van der Waals surface area contributed by atoms with Gasteiger partial charge in [0, 0.05) is 11.4 Å². The van der Waals surface area contributed by atoms with Gasteiger partial charge >= 0.3 is 6.09 Å². The maximum Gasteiger partial charge on any atom is 0.410 e. The lowest BCUT2D eigenvalue weighted by atomic mass is 10.0. The second-order valence-electron chi connectivity index (χ2n) is 6.56. The lowest BCUT2D eigenvalue weighted by molar-refractivity contribution is -0.113. The zero-order valence-corrected chi connectivity index (χ0v) is 17.8. The first-order valence-electron chi connectivity index (χ1n) is 9.16. The van der Waals surface area contributed by atoms with Gasteiger partial charge in [0.15, 0.2) is 9.84 Å². The third-order valence-electron chi connectivity index (χ3n) is 4.51. The number of benzene rings is 1. The smallest absolute Gasteiger partial charge is 0.410 e. The molecule has 2 heterocycles. The monoisotopic (exact) mass is 451 g/mol. The van der Waals surface area contributed by atoms with Crippen molar-refractivity contribution in [2.24, 2.45) is 5.73 Å². The molecule has 0 atom stereocenters. The van der Waals surface area contributed by atoms with Crippen LogP contribution in [0.15, 0.2) is 35.2 Å². The Bertz CT molecular complexity index is 1080. The summed E-state index contributed by atoms with van der Waals surface area (Å²) in [6.07, 6.45) is -0.0853. The van der Waals surface area contributed by atoms with E-state index in [0.717, 1.165) is 11.3 Å². The van der Waals surface area contributed by atoms with Crippen LogP contribution in [0.2, 0.25) is 0 Å². The molecule has 2 aromatic rings. The van der Waals surface area contributed by atoms with Crippen LogP contribution in [-0.4, -0.2) is 50.1 Å². The second kappa shape index (κ2) is 8.84. The number of carbonyl (C=O) groups excluding carboxylic acids is 3. The van der Waals surface area contributed by atoms with E-state index in [-0.39, 0.29) is 28.6 Å². The van der Waals surface area contributed by atoms with E-state index in [2.05, 4.69) is 5.32 Å². The van der Waals surface area contributed by atoms with E-state index in [1.165, 1.54) is 17.0 Å². The molecule has 0 unspecified atom stereocenters. The molecule has 1 aromatic carbocycles. The largest absolute Gasteiger partial charge is 0.450 e. The maximum absolute atomic E-state index is 12.4. The molecule has 1 aliphatic rings. The number of nitrogens with zero attached hydrogens (tertiary/aromatic N) is 1. The minimum Gasteiger partial charge on any atom is -0.450 e. The van der Waals surface area contributed by atoms with Gasteiger partial charge in [0.25, 0.3) is 5.91 Å². The zero-order valence-electron chi connectivity index (χ0n) is 16.2. The Morgan fingerprint density at radius 3 is 2.57 bits per heavy atom. The molecule has 3 N–H and O–H groups in total. The van der Waals surface area contributed by atoms with Gasteiger partial charge < -0.3 is 20.7 Å². The van der Waals surface area contributed by atoms with Crippen LogP contribution in [0.4, 0.5) is 9.80 Å². The molecule has 0 saturated carbocycles. The topological polar surface area (TPSA) is 136 Å². The highest BCUT2D eigenvalue weighted by Gasteiger charge is 2.30. The van der Waals surface area contributed by atoms with Crippen molar-refractivity contribution >= 4 is 44.1 Å². The molecule has 30 heavy (non-hydrogen) atoms. The first-order chi connectivity index (χ1) is 14.2. The van der Waals surface area contributed by atoms with Crippen molar-refractivity contribution in [1.29, 1.82) is 0 Å². The van der Waals surface area contributed by atoms with E-state index < -0.39 is 33.5 Å². The predicted molar refractivity (Wildman–Crippen MR) is 111 cm³/mol. The summed E-state index contributed by atoms with van der Waals surface area (Å²) in [5.41, 5.74) is 6.33. The lowest BCUT2D eigenvalue weighted by Gasteiger charge is -2.26. The first kappa shape index (κ1) is 21.8. The molecule has 1 aliphatic heterocycles. The van der Waals surface area contributed by atoms with Gasteiger partial charge in [0.05, 0.1) is 23.6 Å². The summed E-state index contributed by atoms with van der Waals surface area (Å²) >= 11 is 1.10. The number of ether oxygens (including phenoxy) is 1. The van der Waals surface area contributed by atoms with E-state index in [9.17, 15) is 22.8 Å². The Kier molecular flexibility index (Phi) is 6.42. The number of hydrogen-bond acceptors (Lipinski definition) is 7. The van der Waals surface area contributed by atoms with Crippen molar-refractivity contribution in [2.45, 2.75) is 24.8 Å². The van der Waals surface area contributed by atoms with Gasteiger partial charge in [-0.3, -0.25) is 9.59 Å². The van der Waals surface area contributed by atoms with Gasteiger partial charge in [0.2, 0.25) is 5.91 Å². The zero-order chi connectivity index (χ0) is 21.9. The van der Waals surface area contributed by atoms with Crippen molar-refractivity contribution in [3.8, 4) is 0 Å². The summed E-state index contributed by atoms with van der Waals surface area (Å²) in [5.74, 6) is -2.27. The fourth-order valence-electron chi connectivity index (χ4n) is 3.17. The van der Waals surface area contributed by atoms with Crippen molar-refractivity contribution in [2.75, 3.05) is 24.2 Å². The summed E-state index contributed by atoms with van der Waals surface area (Å²) in [6.45, 7) is 2.52. The van der Waals surface area contributed by atoms with Crippen LogP contribution in [0.5, 0.6) is 0 Å². The molecule has 0 aliphatic carbocycles. The molecule has 1 aromatic heterocycles. The fourth-order valence-corrected chi connectivity index (χ4v) is 5.61. The number of primary amides is 1. The number of nitrogens with two attached hydrogens (primary N) is 1. The molecule has 0 radical (unpaired) electrons. The number of nitrogens with one attached hydrogen (secondary N) is 1. The summed E-state index contributed by atoms with van der Waals surface area (Å²) in [7, 11) is -3.83. The molecule has 0 spiro atoms. The Morgan fingerprint density at radius 1 is 1.23 bits per heavy atom. The minimum atomic E-state index is -3.83. The number of hydrogen-bond donors (Lipinski definition) is 2. The molecular weight excluding hydrogens is 430 g/mol. The Morgan fingerprint density at radius 2 is 1.93 bits per heavy atom. The van der Waals surface area contributed by atoms with Gasteiger partial charge in [-0.15, -0.1) is 11.3 Å².